The van der Waals surface area contributed by atoms with Crippen molar-refractivity contribution in [2.75, 3.05) is 13.1 Å². The topological polar surface area (TPSA) is 56.7 Å². The largest absolute Gasteiger partial charge is 0.508 e. The number of hydrogen-bond donors (Lipinski definition) is 3. The van der Waals surface area contributed by atoms with Gasteiger partial charge in [-0.1, -0.05) is 48.9 Å². The van der Waals surface area contributed by atoms with Gasteiger partial charge in [-0.3, -0.25) is 0 Å². The molecule has 0 unspecified atom stereocenters. The molecule has 0 saturated heterocycles. The maximum absolute atomic E-state index is 9.58. The molecule has 0 aliphatic heterocycles. The molecule has 0 aromatic heterocycles. The summed E-state index contributed by atoms with van der Waals surface area (Å²) in [4.78, 5) is 4.66. The van der Waals surface area contributed by atoms with E-state index in [-0.39, 0.29) is 11.2 Å². The number of phenolic OH excluding ortho intramolecular Hbond substituents is 1. The number of nitrogens with one attached hydrogen (secondary N) is 2. The van der Waals surface area contributed by atoms with Gasteiger partial charge in [-0.25, -0.2) is 4.99 Å². The van der Waals surface area contributed by atoms with E-state index >= 15 is 0 Å². The summed E-state index contributed by atoms with van der Waals surface area (Å²) in [7, 11) is 0. The number of aromatic hydroxyl groups is 1. The normalized spacial score (nSPS) is 16.1. The zero-order chi connectivity index (χ0) is 17.5. The minimum Gasteiger partial charge on any atom is -0.508 e. The summed E-state index contributed by atoms with van der Waals surface area (Å²) in [5.41, 5.74) is 2.64. The Morgan fingerprint density at radius 1 is 1.08 bits per heavy atom. The Bertz CT molecular complexity index is 708. The number of rotatable bonds is 6. The summed E-state index contributed by atoms with van der Waals surface area (Å²) in [5, 5.41) is 16.4. The third-order valence-electron chi connectivity index (χ3n) is 4.97. The summed E-state index contributed by atoms with van der Waals surface area (Å²) in [6.07, 6.45) is 3.72. The summed E-state index contributed by atoms with van der Waals surface area (Å²) in [5.74, 6) is 1.11. The van der Waals surface area contributed by atoms with Crippen LogP contribution in [-0.2, 0) is 12.0 Å². The van der Waals surface area contributed by atoms with Crippen molar-refractivity contribution in [2.24, 2.45) is 4.99 Å². The quantitative estimate of drug-likeness (QED) is 0.558. The molecule has 3 N–H and O–H groups in total. The Morgan fingerprint density at radius 2 is 1.88 bits per heavy atom. The van der Waals surface area contributed by atoms with E-state index in [9.17, 15) is 5.11 Å². The fourth-order valence-corrected chi connectivity index (χ4v) is 3.38. The van der Waals surface area contributed by atoms with E-state index in [1.165, 1.54) is 24.8 Å². The molecule has 3 rings (SSSR count). The molecule has 0 spiro atoms. The maximum Gasteiger partial charge on any atom is 0.191 e. The van der Waals surface area contributed by atoms with Crippen LogP contribution >= 0.6 is 0 Å². The van der Waals surface area contributed by atoms with Crippen molar-refractivity contribution >= 4 is 5.96 Å². The fourth-order valence-electron chi connectivity index (χ4n) is 3.38. The van der Waals surface area contributed by atoms with Gasteiger partial charge in [-0.05, 0) is 43.0 Å². The summed E-state index contributed by atoms with van der Waals surface area (Å²) in [6, 6.07) is 18.0. The van der Waals surface area contributed by atoms with Crippen LogP contribution in [0.4, 0.5) is 0 Å². The number of phenols is 1. The second-order valence-electron chi connectivity index (χ2n) is 6.72. The molecule has 0 amide bonds. The van der Waals surface area contributed by atoms with Crippen LogP contribution in [0.3, 0.4) is 0 Å². The fraction of sp³-hybridized carbons (Fsp3) is 0.381. The van der Waals surface area contributed by atoms with Gasteiger partial charge in [-0.2, -0.15) is 0 Å². The highest BCUT2D eigenvalue weighted by Gasteiger charge is 2.38. The van der Waals surface area contributed by atoms with Crippen molar-refractivity contribution < 1.29 is 5.11 Å². The van der Waals surface area contributed by atoms with E-state index in [4.69, 9.17) is 0 Å². The smallest absolute Gasteiger partial charge is 0.191 e. The number of nitrogens with zero attached hydrogens (tertiary/aromatic N) is 1. The molecule has 0 radical (unpaired) electrons. The summed E-state index contributed by atoms with van der Waals surface area (Å²) >= 11 is 0. The minimum atomic E-state index is 0.225. The van der Waals surface area contributed by atoms with Crippen LogP contribution in [0.15, 0.2) is 59.6 Å². The lowest BCUT2D eigenvalue weighted by atomic mass is 9.64. The lowest BCUT2D eigenvalue weighted by Gasteiger charge is -2.43. The first kappa shape index (κ1) is 17.3. The first-order chi connectivity index (χ1) is 12.2. The molecule has 25 heavy (non-hydrogen) atoms. The molecule has 1 aliphatic carbocycles. The van der Waals surface area contributed by atoms with Crippen LogP contribution in [-0.4, -0.2) is 24.2 Å². The van der Waals surface area contributed by atoms with Crippen molar-refractivity contribution in [3.63, 3.8) is 0 Å². The molecule has 0 atom stereocenters. The van der Waals surface area contributed by atoms with Gasteiger partial charge in [0.2, 0.25) is 0 Å². The van der Waals surface area contributed by atoms with Crippen LogP contribution in [0, 0.1) is 0 Å². The second kappa shape index (κ2) is 8.06. The van der Waals surface area contributed by atoms with Crippen molar-refractivity contribution in [2.45, 2.75) is 38.1 Å². The van der Waals surface area contributed by atoms with Gasteiger partial charge >= 0.3 is 0 Å². The van der Waals surface area contributed by atoms with Gasteiger partial charge in [-0.15, -0.1) is 0 Å². The standard InChI is InChI=1S/C21H27N3O/c1-2-22-20(23-15-17-8-6-11-19(25)14-17)24-16-21(12-7-13-21)18-9-4-3-5-10-18/h3-6,8-11,14,25H,2,7,12-13,15-16H2,1H3,(H2,22,23,24). The number of benzene rings is 2. The molecule has 2 aromatic carbocycles. The molecule has 1 aliphatic rings. The van der Waals surface area contributed by atoms with Gasteiger partial charge in [0.25, 0.3) is 0 Å². The van der Waals surface area contributed by atoms with Gasteiger partial charge in [0.15, 0.2) is 5.96 Å². The van der Waals surface area contributed by atoms with E-state index in [1.54, 1.807) is 12.1 Å². The van der Waals surface area contributed by atoms with Crippen molar-refractivity contribution in [1.82, 2.24) is 10.6 Å². The van der Waals surface area contributed by atoms with Gasteiger partial charge in [0, 0.05) is 18.5 Å². The molecule has 1 fully saturated rings. The Kier molecular flexibility index (Phi) is 5.59. The van der Waals surface area contributed by atoms with Crippen LogP contribution in [0.1, 0.15) is 37.3 Å². The van der Waals surface area contributed by atoms with Crippen LogP contribution in [0.2, 0.25) is 0 Å². The van der Waals surface area contributed by atoms with E-state index in [1.807, 2.05) is 12.1 Å². The van der Waals surface area contributed by atoms with E-state index in [2.05, 4.69) is 52.9 Å². The highest BCUT2D eigenvalue weighted by molar-refractivity contribution is 5.79. The van der Waals surface area contributed by atoms with Crippen molar-refractivity contribution in [3.8, 4) is 5.75 Å². The number of aliphatic imine (C=N–C) groups is 1. The van der Waals surface area contributed by atoms with Gasteiger partial charge in [0.05, 0.1) is 6.54 Å². The average Bonchev–Trinajstić information content (AvgIpc) is 2.59. The minimum absolute atomic E-state index is 0.225. The van der Waals surface area contributed by atoms with Crippen LogP contribution in [0.5, 0.6) is 5.75 Å². The third-order valence-corrected chi connectivity index (χ3v) is 4.97. The van der Waals surface area contributed by atoms with Gasteiger partial charge < -0.3 is 15.7 Å². The van der Waals surface area contributed by atoms with E-state index < -0.39 is 0 Å². The third kappa shape index (κ3) is 4.32. The van der Waals surface area contributed by atoms with Crippen molar-refractivity contribution in [1.29, 1.82) is 0 Å². The number of hydrogen-bond acceptors (Lipinski definition) is 2. The first-order valence-electron chi connectivity index (χ1n) is 9.07. The lowest BCUT2D eigenvalue weighted by molar-refractivity contribution is 0.244. The lowest BCUT2D eigenvalue weighted by Crippen LogP contribution is -2.48. The Morgan fingerprint density at radius 3 is 2.52 bits per heavy atom. The predicted molar refractivity (Wildman–Crippen MR) is 103 cm³/mol. The van der Waals surface area contributed by atoms with Crippen molar-refractivity contribution in [3.05, 3.63) is 65.7 Å². The zero-order valence-electron chi connectivity index (χ0n) is 14.8. The Hall–Kier alpha value is -2.49. The van der Waals surface area contributed by atoms with E-state index in [0.29, 0.717) is 6.54 Å². The Balaban J connectivity index is 1.66. The first-order valence-corrected chi connectivity index (χ1v) is 9.07. The van der Waals surface area contributed by atoms with Crippen LogP contribution < -0.4 is 10.6 Å². The maximum atomic E-state index is 9.58. The van der Waals surface area contributed by atoms with Gasteiger partial charge in [0.1, 0.15) is 5.75 Å². The molecule has 4 nitrogen and oxygen atoms in total. The molecule has 1 saturated carbocycles. The number of guanidine groups is 1. The SMILES string of the molecule is CCNC(=NCc1cccc(O)c1)NCC1(c2ccccc2)CCC1. The Labute approximate surface area is 150 Å². The summed E-state index contributed by atoms with van der Waals surface area (Å²) < 4.78 is 0. The molecular weight excluding hydrogens is 310 g/mol. The second-order valence-corrected chi connectivity index (χ2v) is 6.72. The van der Waals surface area contributed by atoms with Crippen LogP contribution in [0.25, 0.3) is 0 Å². The highest BCUT2D eigenvalue weighted by Crippen LogP contribution is 2.43. The molecule has 132 valence electrons. The molecule has 2 aromatic rings. The monoisotopic (exact) mass is 337 g/mol. The predicted octanol–water partition coefficient (Wildman–Crippen LogP) is 3.57. The molecule has 0 heterocycles. The zero-order valence-corrected chi connectivity index (χ0v) is 14.8. The molecule has 0 bridgehead atoms. The highest BCUT2D eigenvalue weighted by atomic mass is 16.3. The molecular formula is C21H27N3O. The average molecular weight is 337 g/mol. The summed E-state index contributed by atoms with van der Waals surface area (Å²) in [6.45, 7) is 4.33. The molecule has 4 heteroatoms. The van der Waals surface area contributed by atoms with E-state index in [0.717, 1.165) is 24.6 Å².